The number of fused-ring (bicyclic) bond motifs is 1. The molecule has 3 heterocycles. The molecule has 8 heteroatoms. The van der Waals surface area contributed by atoms with E-state index < -0.39 is 11.2 Å². The standard InChI is InChI=1S/C17H17N5O2.ClH/c23-16-4-7-22(17(24)20-16)15-11-19-10-13-12(15)2-1-3-14(13)21-8-5-18-6-9-21;/h1-4,7,10-11,18H,5-6,8-9H2,(H,20,23,24);1H. The Morgan fingerprint density at radius 2 is 1.76 bits per heavy atom. The Labute approximate surface area is 149 Å². The average Bonchev–Trinajstić information content (AvgIpc) is 2.62. The van der Waals surface area contributed by atoms with Gasteiger partial charge in [-0.2, -0.15) is 0 Å². The maximum atomic E-state index is 12.1. The first kappa shape index (κ1) is 17.2. The molecule has 0 bridgehead atoms. The number of benzene rings is 1. The number of nitrogens with one attached hydrogen (secondary N) is 2. The number of pyridine rings is 1. The second-order valence-corrected chi connectivity index (χ2v) is 5.75. The quantitative estimate of drug-likeness (QED) is 0.710. The van der Waals surface area contributed by atoms with Crippen molar-refractivity contribution in [3.63, 3.8) is 0 Å². The third-order valence-corrected chi connectivity index (χ3v) is 4.30. The molecule has 0 atom stereocenters. The number of hydrogen-bond donors (Lipinski definition) is 2. The molecule has 1 aromatic carbocycles. The number of halogens is 1. The molecule has 2 aromatic heterocycles. The van der Waals surface area contributed by atoms with Crippen LogP contribution < -0.4 is 21.5 Å². The second kappa shape index (κ2) is 7.08. The van der Waals surface area contributed by atoms with Crippen LogP contribution in [0.4, 0.5) is 5.69 Å². The van der Waals surface area contributed by atoms with Crippen LogP contribution in [0.15, 0.2) is 52.4 Å². The fourth-order valence-electron chi connectivity index (χ4n) is 3.14. The number of H-pyrrole nitrogens is 1. The normalized spacial score (nSPS) is 14.3. The zero-order valence-electron chi connectivity index (χ0n) is 13.4. The minimum atomic E-state index is -0.468. The van der Waals surface area contributed by atoms with Crippen LogP contribution in [-0.2, 0) is 0 Å². The minimum absolute atomic E-state index is 0. The smallest absolute Gasteiger partial charge is 0.332 e. The van der Waals surface area contributed by atoms with Crippen molar-refractivity contribution in [2.24, 2.45) is 0 Å². The summed E-state index contributed by atoms with van der Waals surface area (Å²) in [6.07, 6.45) is 4.95. The molecule has 0 amide bonds. The van der Waals surface area contributed by atoms with Crippen molar-refractivity contribution in [1.29, 1.82) is 0 Å². The Hall–Kier alpha value is -2.64. The summed E-state index contributed by atoms with van der Waals surface area (Å²) < 4.78 is 1.41. The van der Waals surface area contributed by atoms with Crippen LogP contribution >= 0.6 is 12.4 Å². The zero-order chi connectivity index (χ0) is 16.5. The van der Waals surface area contributed by atoms with E-state index in [0.29, 0.717) is 5.69 Å². The summed E-state index contributed by atoms with van der Waals surface area (Å²) >= 11 is 0. The van der Waals surface area contributed by atoms with Gasteiger partial charge in [0.05, 0.1) is 11.9 Å². The number of hydrogen-bond acceptors (Lipinski definition) is 5. The van der Waals surface area contributed by atoms with Crippen LogP contribution in [0.25, 0.3) is 16.5 Å². The Kier molecular flexibility index (Phi) is 4.87. The predicted octanol–water partition coefficient (Wildman–Crippen LogP) is 0.905. The molecule has 1 saturated heterocycles. The van der Waals surface area contributed by atoms with Gasteiger partial charge in [-0.15, -0.1) is 12.4 Å². The van der Waals surface area contributed by atoms with E-state index >= 15 is 0 Å². The Morgan fingerprint density at radius 3 is 2.52 bits per heavy atom. The Bertz CT molecular complexity index is 1010. The molecule has 3 aromatic rings. The molecule has 4 rings (SSSR count). The highest BCUT2D eigenvalue weighted by Crippen LogP contribution is 2.29. The third-order valence-electron chi connectivity index (χ3n) is 4.30. The minimum Gasteiger partial charge on any atom is -0.368 e. The molecule has 130 valence electrons. The van der Waals surface area contributed by atoms with Gasteiger partial charge in [0, 0.05) is 61.1 Å². The summed E-state index contributed by atoms with van der Waals surface area (Å²) in [5.74, 6) is 0. The molecular weight excluding hydrogens is 342 g/mol. The number of piperazine rings is 1. The number of rotatable bonds is 2. The average molecular weight is 360 g/mol. The molecule has 0 unspecified atom stereocenters. The van der Waals surface area contributed by atoms with Crippen LogP contribution in [0.1, 0.15) is 0 Å². The lowest BCUT2D eigenvalue weighted by Crippen LogP contribution is -2.43. The molecule has 1 aliphatic rings. The van der Waals surface area contributed by atoms with E-state index in [9.17, 15) is 9.59 Å². The van der Waals surface area contributed by atoms with Crippen LogP contribution in [0.2, 0.25) is 0 Å². The van der Waals surface area contributed by atoms with E-state index in [1.165, 1.54) is 16.8 Å². The zero-order valence-corrected chi connectivity index (χ0v) is 14.3. The van der Waals surface area contributed by atoms with Crippen molar-refractivity contribution in [3.8, 4) is 5.69 Å². The molecule has 7 nitrogen and oxygen atoms in total. The van der Waals surface area contributed by atoms with Crippen molar-refractivity contribution in [1.82, 2.24) is 19.9 Å². The van der Waals surface area contributed by atoms with Crippen molar-refractivity contribution < 1.29 is 0 Å². The van der Waals surface area contributed by atoms with Crippen molar-refractivity contribution >= 4 is 28.9 Å². The molecule has 0 aliphatic carbocycles. The lowest BCUT2D eigenvalue weighted by Gasteiger charge is -2.30. The van der Waals surface area contributed by atoms with Gasteiger partial charge in [0.25, 0.3) is 5.56 Å². The SMILES string of the molecule is Cl.O=c1ccn(-c2cncc3c(N4CCNCC4)cccc23)c(=O)[nH]1. The fourth-order valence-corrected chi connectivity index (χ4v) is 3.14. The summed E-state index contributed by atoms with van der Waals surface area (Å²) in [6.45, 7) is 3.76. The number of aromatic nitrogens is 3. The molecule has 25 heavy (non-hydrogen) atoms. The van der Waals surface area contributed by atoms with Crippen LogP contribution in [-0.4, -0.2) is 40.7 Å². The van der Waals surface area contributed by atoms with Crippen LogP contribution in [0.3, 0.4) is 0 Å². The van der Waals surface area contributed by atoms with Gasteiger partial charge in [-0.05, 0) is 6.07 Å². The summed E-state index contributed by atoms with van der Waals surface area (Å²) in [4.78, 5) is 32.4. The molecule has 1 aliphatic heterocycles. The highest BCUT2D eigenvalue weighted by Gasteiger charge is 2.15. The van der Waals surface area contributed by atoms with Crippen LogP contribution in [0, 0.1) is 0 Å². The summed E-state index contributed by atoms with van der Waals surface area (Å²) in [5.41, 5.74) is 0.891. The van der Waals surface area contributed by atoms with Gasteiger partial charge in [0.1, 0.15) is 0 Å². The Morgan fingerprint density at radius 1 is 0.960 bits per heavy atom. The van der Waals surface area contributed by atoms with Gasteiger partial charge in [-0.1, -0.05) is 12.1 Å². The first-order chi connectivity index (χ1) is 11.7. The van der Waals surface area contributed by atoms with Crippen LogP contribution in [0.5, 0.6) is 0 Å². The summed E-state index contributed by atoms with van der Waals surface area (Å²) in [6, 6.07) is 7.37. The number of nitrogens with zero attached hydrogens (tertiary/aromatic N) is 3. The molecule has 0 radical (unpaired) electrons. The lowest BCUT2D eigenvalue weighted by molar-refractivity contribution is 0.590. The van der Waals surface area contributed by atoms with E-state index in [4.69, 9.17) is 0 Å². The fraction of sp³-hybridized carbons (Fsp3) is 0.235. The topological polar surface area (TPSA) is 83.0 Å². The van der Waals surface area contributed by atoms with Gasteiger partial charge in [0.15, 0.2) is 0 Å². The first-order valence-corrected chi connectivity index (χ1v) is 7.89. The van der Waals surface area contributed by atoms with Crippen molar-refractivity contribution in [2.75, 3.05) is 31.1 Å². The first-order valence-electron chi connectivity index (χ1n) is 7.89. The van der Waals surface area contributed by atoms with Gasteiger partial charge < -0.3 is 10.2 Å². The van der Waals surface area contributed by atoms with E-state index in [-0.39, 0.29) is 12.4 Å². The van der Waals surface area contributed by atoms with Gasteiger partial charge in [-0.25, -0.2) is 4.79 Å². The molecular formula is C17H18ClN5O2. The van der Waals surface area contributed by atoms with E-state index in [1.54, 1.807) is 6.20 Å². The molecule has 0 spiro atoms. The van der Waals surface area contributed by atoms with Gasteiger partial charge >= 0.3 is 5.69 Å². The van der Waals surface area contributed by atoms with Crippen molar-refractivity contribution in [3.05, 3.63) is 63.7 Å². The van der Waals surface area contributed by atoms with E-state index in [1.807, 2.05) is 18.3 Å². The molecule has 2 N–H and O–H groups in total. The number of aromatic amines is 1. The monoisotopic (exact) mass is 359 g/mol. The van der Waals surface area contributed by atoms with E-state index in [0.717, 1.165) is 42.6 Å². The largest absolute Gasteiger partial charge is 0.368 e. The lowest BCUT2D eigenvalue weighted by atomic mass is 10.1. The highest BCUT2D eigenvalue weighted by molar-refractivity contribution is 5.98. The van der Waals surface area contributed by atoms with Crippen molar-refractivity contribution in [2.45, 2.75) is 0 Å². The van der Waals surface area contributed by atoms with Gasteiger partial charge in [0.2, 0.25) is 0 Å². The third kappa shape index (κ3) is 3.16. The molecule has 1 fully saturated rings. The summed E-state index contributed by atoms with van der Waals surface area (Å²) in [5, 5.41) is 5.27. The molecule has 0 saturated carbocycles. The van der Waals surface area contributed by atoms with Gasteiger partial charge in [-0.3, -0.25) is 19.3 Å². The second-order valence-electron chi connectivity index (χ2n) is 5.75. The highest BCUT2D eigenvalue weighted by atomic mass is 35.5. The maximum absolute atomic E-state index is 12.1. The van der Waals surface area contributed by atoms with E-state index in [2.05, 4.69) is 26.3 Å². The predicted molar refractivity (Wildman–Crippen MR) is 100 cm³/mol. The maximum Gasteiger partial charge on any atom is 0.332 e. The summed E-state index contributed by atoms with van der Waals surface area (Å²) in [7, 11) is 0. The number of anilines is 1. The Balaban J connectivity index is 0.00000182.